The van der Waals surface area contributed by atoms with Gasteiger partial charge in [-0.3, -0.25) is 0 Å². The van der Waals surface area contributed by atoms with Crippen LogP contribution in [-0.2, 0) is 0 Å². The van der Waals surface area contributed by atoms with E-state index < -0.39 is 0 Å². The van der Waals surface area contributed by atoms with Gasteiger partial charge < -0.3 is 34.2 Å². The fraction of sp³-hybridized carbons (Fsp3) is 0.379. The van der Waals surface area contributed by atoms with Gasteiger partial charge in [0.1, 0.15) is 0 Å². The van der Waals surface area contributed by atoms with Crippen LogP contribution >= 0.6 is 0 Å². The number of nitrogen functional groups attached to an aromatic ring is 1. The molecule has 0 radical (unpaired) electrons. The van der Waals surface area contributed by atoms with Gasteiger partial charge in [0, 0.05) is 17.7 Å². The second-order valence-corrected chi connectivity index (χ2v) is 7.91. The number of hydrogen-bond acceptors (Lipinski definition) is 7. The molecule has 2 N–H and O–H groups in total. The van der Waals surface area contributed by atoms with Crippen molar-refractivity contribution in [1.29, 1.82) is 0 Å². The summed E-state index contributed by atoms with van der Waals surface area (Å²) in [6.07, 6.45) is 0. The van der Waals surface area contributed by atoms with Crippen molar-refractivity contribution in [1.82, 2.24) is 0 Å². The Morgan fingerprint density at radius 1 is 0.556 bits per heavy atom. The first-order valence-electron chi connectivity index (χ1n) is 12.3. The summed E-state index contributed by atoms with van der Waals surface area (Å²) in [6.45, 7) is 9.93. The molecule has 0 aliphatic heterocycles. The lowest BCUT2D eigenvalue weighted by molar-refractivity contribution is 0.287. The van der Waals surface area contributed by atoms with Crippen molar-refractivity contribution in [2.24, 2.45) is 0 Å². The summed E-state index contributed by atoms with van der Waals surface area (Å²) in [4.78, 5) is 0. The van der Waals surface area contributed by atoms with Crippen molar-refractivity contribution in [2.45, 2.75) is 33.6 Å². The minimum absolute atomic E-state index is 0.255. The molecule has 0 aliphatic rings. The maximum absolute atomic E-state index is 6.60. The third kappa shape index (κ3) is 5.90. The molecule has 36 heavy (non-hydrogen) atoms. The third-order valence-corrected chi connectivity index (χ3v) is 5.70. The van der Waals surface area contributed by atoms with Gasteiger partial charge in [0.05, 0.1) is 40.6 Å². The normalized spacial score (nSPS) is 10.8. The smallest absolute Gasteiger partial charge is 0.162 e. The van der Waals surface area contributed by atoms with Gasteiger partial charge in [-0.2, -0.15) is 0 Å². The lowest BCUT2D eigenvalue weighted by Gasteiger charge is -2.24. The van der Waals surface area contributed by atoms with Gasteiger partial charge >= 0.3 is 0 Å². The summed E-state index contributed by atoms with van der Waals surface area (Å²) in [6, 6.07) is 15.7. The molecule has 3 aromatic carbocycles. The van der Waals surface area contributed by atoms with Crippen LogP contribution < -0.4 is 34.2 Å². The van der Waals surface area contributed by atoms with E-state index in [-0.39, 0.29) is 5.92 Å². The number of rotatable bonds is 13. The number of nitrogens with two attached hydrogens (primary N) is 1. The Morgan fingerprint density at radius 3 is 1.39 bits per heavy atom. The van der Waals surface area contributed by atoms with Crippen LogP contribution in [0.15, 0.2) is 48.5 Å². The molecule has 0 saturated carbocycles. The molecule has 0 spiro atoms. The number of benzene rings is 3. The molecule has 0 saturated heterocycles. The van der Waals surface area contributed by atoms with Crippen LogP contribution in [0, 0.1) is 0 Å². The summed E-state index contributed by atoms with van der Waals surface area (Å²) >= 11 is 0. The topological polar surface area (TPSA) is 81.4 Å². The van der Waals surface area contributed by atoms with Gasteiger partial charge in [-0.1, -0.05) is 12.1 Å². The Morgan fingerprint density at radius 2 is 0.972 bits per heavy atom. The standard InChI is InChI=1S/C29H37NO6/c1-7-33-23-13-11-19(15-27(23)35-9-3)29(21-17-25(31-5)26(32-6)18-22(21)30)20-12-14-24(34-8-2)28(16-20)36-10-4/h11-18,29H,7-10,30H2,1-6H3. The highest BCUT2D eigenvalue weighted by Gasteiger charge is 2.25. The van der Waals surface area contributed by atoms with Crippen LogP contribution in [0.3, 0.4) is 0 Å². The summed E-state index contributed by atoms with van der Waals surface area (Å²) in [5, 5.41) is 0. The minimum Gasteiger partial charge on any atom is -0.493 e. The van der Waals surface area contributed by atoms with Gasteiger partial charge in [0.15, 0.2) is 34.5 Å². The van der Waals surface area contributed by atoms with Crippen LogP contribution in [-0.4, -0.2) is 40.6 Å². The highest BCUT2D eigenvalue weighted by atomic mass is 16.5. The van der Waals surface area contributed by atoms with E-state index in [9.17, 15) is 0 Å². The molecule has 0 heterocycles. The first kappa shape index (κ1) is 26.9. The molecular weight excluding hydrogens is 458 g/mol. The SMILES string of the molecule is CCOc1ccc(C(c2ccc(OCC)c(OCC)c2)c2cc(OC)c(OC)cc2N)cc1OCC. The molecule has 194 valence electrons. The molecule has 0 aliphatic carbocycles. The van der Waals surface area contributed by atoms with Crippen LogP contribution in [0.1, 0.15) is 50.3 Å². The zero-order valence-corrected chi connectivity index (χ0v) is 22.1. The second-order valence-electron chi connectivity index (χ2n) is 7.91. The predicted octanol–water partition coefficient (Wildman–Crippen LogP) is 6.06. The summed E-state index contributed by atoms with van der Waals surface area (Å²) in [7, 11) is 3.21. The molecule has 0 fully saturated rings. The summed E-state index contributed by atoms with van der Waals surface area (Å²) in [5.41, 5.74) is 10.0. The van der Waals surface area contributed by atoms with E-state index in [2.05, 4.69) is 0 Å². The van der Waals surface area contributed by atoms with E-state index in [1.807, 2.05) is 70.2 Å². The van der Waals surface area contributed by atoms with Crippen LogP contribution in [0.5, 0.6) is 34.5 Å². The van der Waals surface area contributed by atoms with Gasteiger partial charge in [-0.15, -0.1) is 0 Å². The Bertz CT molecular complexity index is 1090. The van der Waals surface area contributed by atoms with E-state index in [0.29, 0.717) is 66.6 Å². The van der Waals surface area contributed by atoms with E-state index in [1.54, 1.807) is 20.3 Å². The van der Waals surface area contributed by atoms with Crippen molar-refractivity contribution in [3.05, 3.63) is 65.2 Å². The highest BCUT2D eigenvalue weighted by Crippen LogP contribution is 2.44. The molecule has 3 rings (SSSR count). The lowest BCUT2D eigenvalue weighted by atomic mass is 9.83. The van der Waals surface area contributed by atoms with E-state index in [1.165, 1.54) is 0 Å². The maximum Gasteiger partial charge on any atom is 0.162 e. The highest BCUT2D eigenvalue weighted by molar-refractivity contribution is 5.64. The molecule has 0 amide bonds. The van der Waals surface area contributed by atoms with E-state index in [4.69, 9.17) is 34.2 Å². The van der Waals surface area contributed by atoms with Crippen molar-refractivity contribution in [2.75, 3.05) is 46.4 Å². The molecule has 3 aromatic rings. The fourth-order valence-electron chi connectivity index (χ4n) is 4.21. The fourth-order valence-corrected chi connectivity index (χ4v) is 4.21. The van der Waals surface area contributed by atoms with Crippen molar-refractivity contribution in [3.8, 4) is 34.5 Å². The summed E-state index contributed by atoms with van der Waals surface area (Å²) in [5.74, 6) is 3.66. The summed E-state index contributed by atoms with van der Waals surface area (Å²) < 4.78 is 34.5. The Labute approximate surface area is 214 Å². The van der Waals surface area contributed by atoms with Crippen LogP contribution in [0.25, 0.3) is 0 Å². The zero-order chi connectivity index (χ0) is 26.1. The molecule has 0 aromatic heterocycles. The van der Waals surface area contributed by atoms with Gasteiger partial charge in [0.25, 0.3) is 0 Å². The van der Waals surface area contributed by atoms with Gasteiger partial charge in [-0.25, -0.2) is 0 Å². The molecule has 0 atom stereocenters. The average molecular weight is 496 g/mol. The van der Waals surface area contributed by atoms with Crippen molar-refractivity contribution < 1.29 is 28.4 Å². The van der Waals surface area contributed by atoms with Gasteiger partial charge in [0.2, 0.25) is 0 Å². The first-order valence-corrected chi connectivity index (χ1v) is 12.3. The second kappa shape index (κ2) is 12.8. The Hall–Kier alpha value is -3.74. The van der Waals surface area contributed by atoms with Gasteiger partial charge in [-0.05, 0) is 74.7 Å². The van der Waals surface area contributed by atoms with E-state index in [0.717, 1.165) is 16.7 Å². The Balaban J connectivity index is 2.27. The quantitative estimate of drug-likeness (QED) is 0.228. The van der Waals surface area contributed by atoms with Crippen LogP contribution in [0.4, 0.5) is 5.69 Å². The largest absolute Gasteiger partial charge is 0.493 e. The monoisotopic (exact) mass is 495 g/mol. The molecule has 7 nitrogen and oxygen atoms in total. The molecule has 0 unspecified atom stereocenters. The number of anilines is 1. The van der Waals surface area contributed by atoms with Crippen molar-refractivity contribution >= 4 is 5.69 Å². The minimum atomic E-state index is -0.255. The Kier molecular flexibility index (Phi) is 9.56. The first-order chi connectivity index (χ1) is 17.5. The zero-order valence-electron chi connectivity index (χ0n) is 22.1. The molecule has 7 heteroatoms. The van der Waals surface area contributed by atoms with E-state index >= 15 is 0 Å². The average Bonchev–Trinajstić information content (AvgIpc) is 2.88. The molecular formula is C29H37NO6. The predicted molar refractivity (Wildman–Crippen MR) is 142 cm³/mol. The third-order valence-electron chi connectivity index (χ3n) is 5.70. The number of methoxy groups -OCH3 is 2. The molecule has 0 bridgehead atoms. The number of ether oxygens (including phenoxy) is 6. The lowest BCUT2D eigenvalue weighted by Crippen LogP contribution is -2.10. The number of hydrogen-bond donors (Lipinski definition) is 1. The van der Waals surface area contributed by atoms with Crippen molar-refractivity contribution in [3.63, 3.8) is 0 Å². The van der Waals surface area contributed by atoms with Crippen LogP contribution in [0.2, 0.25) is 0 Å². The maximum atomic E-state index is 6.60.